The molecule has 1 atom stereocenters. The fraction of sp³-hybridized carbons (Fsp3) is 0.625. The Kier molecular flexibility index (Phi) is 2.89. The molecule has 2 saturated carbocycles. The number of hydrogen-bond donors (Lipinski definition) is 1. The maximum Gasteiger partial charge on any atom is 0.124 e. The van der Waals surface area contributed by atoms with Crippen LogP contribution in [0.3, 0.4) is 0 Å². The summed E-state index contributed by atoms with van der Waals surface area (Å²) >= 11 is 3.57. The summed E-state index contributed by atoms with van der Waals surface area (Å²) in [5.74, 6) is 2.09. The number of fused-ring (bicyclic) bond motifs is 1. The highest BCUT2D eigenvalue weighted by Crippen LogP contribution is 2.61. The van der Waals surface area contributed by atoms with Crippen molar-refractivity contribution in [1.29, 1.82) is 0 Å². The van der Waals surface area contributed by atoms with E-state index in [1.165, 1.54) is 37.8 Å². The average Bonchev–Trinajstić information content (AvgIpc) is 3.27. The van der Waals surface area contributed by atoms with E-state index in [2.05, 4.69) is 39.4 Å². The third-order valence-corrected chi connectivity index (χ3v) is 5.54. The second-order valence-corrected chi connectivity index (χ2v) is 7.31. The third-order valence-electron chi connectivity index (χ3n) is 5.05. The van der Waals surface area contributed by atoms with E-state index in [0.717, 1.165) is 29.2 Å². The van der Waals surface area contributed by atoms with Gasteiger partial charge in [0.1, 0.15) is 5.75 Å². The Morgan fingerprint density at radius 2 is 2.11 bits per heavy atom. The van der Waals surface area contributed by atoms with Gasteiger partial charge in [0.05, 0.1) is 6.61 Å². The van der Waals surface area contributed by atoms with Gasteiger partial charge in [-0.15, -0.1) is 0 Å². The lowest BCUT2D eigenvalue weighted by atomic mass is 9.97. The molecule has 1 aliphatic heterocycles. The molecule has 1 aromatic rings. The van der Waals surface area contributed by atoms with Crippen molar-refractivity contribution < 1.29 is 4.74 Å². The molecule has 1 aromatic carbocycles. The molecule has 0 spiro atoms. The van der Waals surface area contributed by atoms with Gasteiger partial charge in [-0.05, 0) is 55.2 Å². The topological polar surface area (TPSA) is 21.3 Å². The van der Waals surface area contributed by atoms with Crippen molar-refractivity contribution in [1.82, 2.24) is 5.32 Å². The van der Waals surface area contributed by atoms with Gasteiger partial charge in [0.25, 0.3) is 0 Å². The first-order valence-corrected chi connectivity index (χ1v) is 8.22. The monoisotopic (exact) mass is 321 g/mol. The van der Waals surface area contributed by atoms with Crippen LogP contribution in [0, 0.1) is 11.3 Å². The summed E-state index contributed by atoms with van der Waals surface area (Å²) in [6.45, 7) is 2.04. The molecule has 1 heterocycles. The molecule has 3 heteroatoms. The number of ether oxygens (including phenoxy) is 1. The van der Waals surface area contributed by atoms with E-state index in [9.17, 15) is 0 Å². The molecule has 2 fully saturated rings. The largest absolute Gasteiger partial charge is 0.493 e. The molecular weight excluding hydrogens is 302 g/mol. The molecule has 0 radical (unpaired) electrons. The van der Waals surface area contributed by atoms with E-state index in [0.29, 0.717) is 11.5 Å². The zero-order valence-corrected chi connectivity index (χ0v) is 12.7. The average molecular weight is 322 g/mol. The Labute approximate surface area is 123 Å². The van der Waals surface area contributed by atoms with Crippen LogP contribution in [-0.4, -0.2) is 13.2 Å². The first kappa shape index (κ1) is 12.2. The Morgan fingerprint density at radius 1 is 1.26 bits per heavy atom. The van der Waals surface area contributed by atoms with E-state index in [1.54, 1.807) is 0 Å². The van der Waals surface area contributed by atoms with Crippen LogP contribution < -0.4 is 10.1 Å². The third kappa shape index (κ3) is 2.31. The summed E-state index contributed by atoms with van der Waals surface area (Å²) in [5, 5.41) is 3.83. The van der Waals surface area contributed by atoms with Crippen molar-refractivity contribution in [2.75, 3.05) is 13.2 Å². The Hall–Kier alpha value is -0.540. The summed E-state index contributed by atoms with van der Waals surface area (Å²) in [6.07, 6.45) is 6.91. The van der Waals surface area contributed by atoms with Crippen LogP contribution in [0.25, 0.3) is 0 Å². The zero-order chi connectivity index (χ0) is 12.9. The molecule has 0 bridgehead atoms. The van der Waals surface area contributed by atoms with Crippen LogP contribution >= 0.6 is 15.9 Å². The number of nitrogens with one attached hydrogen (secondary N) is 1. The van der Waals surface area contributed by atoms with Crippen molar-refractivity contribution in [2.45, 2.75) is 38.1 Å². The van der Waals surface area contributed by atoms with Crippen molar-refractivity contribution in [2.24, 2.45) is 11.3 Å². The van der Waals surface area contributed by atoms with Gasteiger partial charge < -0.3 is 10.1 Å². The summed E-state index contributed by atoms with van der Waals surface area (Å²) in [7, 11) is 0. The highest BCUT2D eigenvalue weighted by Gasteiger charge is 2.53. The van der Waals surface area contributed by atoms with Gasteiger partial charge in [0.2, 0.25) is 0 Å². The van der Waals surface area contributed by atoms with Crippen molar-refractivity contribution in [3.8, 4) is 5.75 Å². The molecule has 102 valence electrons. The molecule has 2 aliphatic carbocycles. The predicted octanol–water partition coefficient (Wildman–Crippen LogP) is 4.05. The van der Waals surface area contributed by atoms with Crippen molar-refractivity contribution in [3.05, 3.63) is 28.2 Å². The number of rotatable bonds is 4. The van der Waals surface area contributed by atoms with Crippen LogP contribution in [0.5, 0.6) is 5.75 Å². The quantitative estimate of drug-likeness (QED) is 0.903. The molecule has 4 rings (SSSR count). The second kappa shape index (κ2) is 4.49. The summed E-state index contributed by atoms with van der Waals surface area (Å²) in [5.41, 5.74) is 2.00. The van der Waals surface area contributed by atoms with Gasteiger partial charge in [0, 0.05) is 29.0 Å². The highest BCUT2D eigenvalue weighted by atomic mass is 79.9. The van der Waals surface area contributed by atoms with Gasteiger partial charge in [0.15, 0.2) is 0 Å². The lowest BCUT2D eigenvalue weighted by Crippen LogP contribution is -2.32. The second-order valence-electron chi connectivity index (χ2n) is 6.39. The number of benzene rings is 1. The van der Waals surface area contributed by atoms with Crippen molar-refractivity contribution in [3.63, 3.8) is 0 Å². The molecular formula is C16H20BrNO. The van der Waals surface area contributed by atoms with Gasteiger partial charge in [-0.3, -0.25) is 0 Å². The zero-order valence-electron chi connectivity index (χ0n) is 11.1. The molecule has 2 nitrogen and oxygen atoms in total. The molecule has 19 heavy (non-hydrogen) atoms. The molecule has 0 aromatic heterocycles. The maximum absolute atomic E-state index is 5.76. The Bertz CT molecular complexity index is 494. The summed E-state index contributed by atoms with van der Waals surface area (Å²) in [4.78, 5) is 0. The van der Waals surface area contributed by atoms with Gasteiger partial charge >= 0.3 is 0 Å². The highest BCUT2D eigenvalue weighted by molar-refractivity contribution is 9.10. The van der Waals surface area contributed by atoms with E-state index >= 15 is 0 Å². The predicted molar refractivity (Wildman–Crippen MR) is 79.4 cm³/mol. The van der Waals surface area contributed by atoms with Gasteiger partial charge in [-0.25, -0.2) is 0 Å². The maximum atomic E-state index is 5.76. The Balaban J connectivity index is 1.49. The molecule has 1 unspecified atom stereocenters. The minimum Gasteiger partial charge on any atom is -0.493 e. The van der Waals surface area contributed by atoms with Crippen molar-refractivity contribution >= 4 is 15.9 Å². The minimum atomic E-state index is 0.470. The summed E-state index contributed by atoms with van der Waals surface area (Å²) < 4.78 is 6.90. The molecule has 0 amide bonds. The van der Waals surface area contributed by atoms with Crippen LogP contribution in [0.1, 0.15) is 43.7 Å². The first-order chi connectivity index (χ1) is 9.27. The van der Waals surface area contributed by atoms with Gasteiger partial charge in [-0.2, -0.15) is 0 Å². The lowest BCUT2D eigenvalue weighted by Gasteiger charge is -2.29. The van der Waals surface area contributed by atoms with Crippen LogP contribution in [-0.2, 0) is 0 Å². The van der Waals surface area contributed by atoms with E-state index < -0.39 is 0 Å². The molecule has 3 aliphatic rings. The SMILES string of the molecule is Brc1ccc2c(c1)C(NCC1(C3CC3)CC1)CCO2. The first-order valence-electron chi connectivity index (χ1n) is 7.42. The minimum absolute atomic E-state index is 0.470. The van der Waals surface area contributed by atoms with Gasteiger partial charge in [-0.1, -0.05) is 15.9 Å². The molecule has 0 saturated heterocycles. The smallest absolute Gasteiger partial charge is 0.124 e. The van der Waals surface area contributed by atoms with Crippen LogP contribution in [0.4, 0.5) is 0 Å². The number of halogens is 1. The van der Waals surface area contributed by atoms with Crippen LogP contribution in [0.15, 0.2) is 22.7 Å². The van der Waals surface area contributed by atoms with E-state index in [4.69, 9.17) is 4.74 Å². The fourth-order valence-corrected chi connectivity index (χ4v) is 3.87. The Morgan fingerprint density at radius 3 is 2.84 bits per heavy atom. The molecule has 1 N–H and O–H groups in total. The fourth-order valence-electron chi connectivity index (χ4n) is 3.49. The lowest BCUT2D eigenvalue weighted by molar-refractivity contribution is 0.243. The summed E-state index contributed by atoms with van der Waals surface area (Å²) in [6, 6.07) is 6.83. The number of hydrogen-bond acceptors (Lipinski definition) is 2. The standard InChI is InChI=1S/C16H20BrNO/c17-12-3-4-15-13(9-12)14(5-8-19-15)18-10-16(6-7-16)11-1-2-11/h3-4,9,11,14,18H,1-2,5-8,10H2. The van der Waals surface area contributed by atoms with E-state index in [-0.39, 0.29) is 0 Å². The van der Waals surface area contributed by atoms with E-state index in [1.807, 2.05) is 0 Å². The van der Waals surface area contributed by atoms with Crippen LogP contribution in [0.2, 0.25) is 0 Å². The normalized spacial score (nSPS) is 27.5.